The van der Waals surface area contributed by atoms with E-state index in [1.807, 2.05) is 18.2 Å². The average Bonchev–Trinajstić information content (AvgIpc) is 2.91. The molecule has 0 amide bonds. The van der Waals surface area contributed by atoms with E-state index in [2.05, 4.69) is 10.3 Å². The number of fused-ring (bicyclic) bond motifs is 1. The first-order chi connectivity index (χ1) is 10.1. The Kier molecular flexibility index (Phi) is 3.51. The summed E-state index contributed by atoms with van der Waals surface area (Å²) in [4.78, 5) is 15.3. The molecule has 1 saturated carbocycles. The predicted molar refractivity (Wildman–Crippen MR) is 80.6 cm³/mol. The normalized spacial score (nSPS) is 17.0. The number of pyridine rings is 1. The highest BCUT2D eigenvalue weighted by Crippen LogP contribution is 2.31. The number of carboxylic acids is 1. The van der Waals surface area contributed by atoms with Crippen LogP contribution in [0.1, 0.15) is 36.2 Å². The number of aliphatic hydroxyl groups is 1. The Labute approximate surface area is 122 Å². The summed E-state index contributed by atoms with van der Waals surface area (Å²) in [5, 5.41) is 23.6. The summed E-state index contributed by atoms with van der Waals surface area (Å²) in [6.07, 6.45) is 3.65. The summed E-state index contributed by atoms with van der Waals surface area (Å²) in [5.41, 5.74) is 0.666. The first-order valence-corrected chi connectivity index (χ1v) is 7.17. The zero-order valence-electron chi connectivity index (χ0n) is 11.7. The van der Waals surface area contributed by atoms with E-state index in [-0.39, 0.29) is 5.69 Å². The topological polar surface area (TPSA) is 82.5 Å². The highest BCUT2D eigenvalue weighted by Gasteiger charge is 2.30. The fraction of sp³-hybridized carbons (Fsp3) is 0.375. The van der Waals surface area contributed by atoms with Gasteiger partial charge < -0.3 is 15.5 Å². The van der Waals surface area contributed by atoms with Crippen molar-refractivity contribution < 1.29 is 15.0 Å². The molecule has 0 aliphatic heterocycles. The Morgan fingerprint density at radius 3 is 2.71 bits per heavy atom. The van der Waals surface area contributed by atoms with Crippen LogP contribution < -0.4 is 5.32 Å². The maximum atomic E-state index is 11.2. The summed E-state index contributed by atoms with van der Waals surface area (Å²) in [6, 6.07) is 8.93. The average molecular weight is 286 g/mol. The van der Waals surface area contributed by atoms with Crippen LogP contribution in [0.3, 0.4) is 0 Å². The van der Waals surface area contributed by atoms with Gasteiger partial charge in [-0.3, -0.25) is 0 Å². The van der Waals surface area contributed by atoms with Gasteiger partial charge in [0, 0.05) is 17.6 Å². The van der Waals surface area contributed by atoms with Crippen LogP contribution in [0.2, 0.25) is 0 Å². The summed E-state index contributed by atoms with van der Waals surface area (Å²) in [5.74, 6) is -1.05. The highest BCUT2D eigenvalue weighted by atomic mass is 16.4. The molecule has 2 aromatic rings. The molecule has 1 aromatic heterocycles. The molecular formula is C16H18N2O3. The molecule has 1 aromatic carbocycles. The fourth-order valence-corrected chi connectivity index (χ4v) is 2.90. The Balaban J connectivity index is 1.94. The van der Waals surface area contributed by atoms with E-state index in [0.717, 1.165) is 31.1 Å². The van der Waals surface area contributed by atoms with Crippen molar-refractivity contribution >= 4 is 22.6 Å². The van der Waals surface area contributed by atoms with Crippen LogP contribution in [0.5, 0.6) is 0 Å². The molecule has 21 heavy (non-hydrogen) atoms. The lowest BCUT2D eigenvalue weighted by Gasteiger charge is -2.23. The van der Waals surface area contributed by atoms with E-state index in [1.54, 1.807) is 6.07 Å². The van der Waals surface area contributed by atoms with Crippen molar-refractivity contribution in [2.24, 2.45) is 0 Å². The third-order valence-corrected chi connectivity index (χ3v) is 4.08. The van der Waals surface area contributed by atoms with Gasteiger partial charge in [-0.1, -0.05) is 31.0 Å². The summed E-state index contributed by atoms with van der Waals surface area (Å²) < 4.78 is 0. The molecule has 110 valence electrons. The van der Waals surface area contributed by atoms with Crippen molar-refractivity contribution in [3.05, 3.63) is 36.0 Å². The van der Waals surface area contributed by atoms with Gasteiger partial charge in [-0.25, -0.2) is 9.78 Å². The van der Waals surface area contributed by atoms with Crippen molar-refractivity contribution in [1.82, 2.24) is 4.98 Å². The first kappa shape index (κ1) is 13.8. The molecule has 1 fully saturated rings. The van der Waals surface area contributed by atoms with Crippen LogP contribution in [0.25, 0.3) is 10.9 Å². The second-order valence-electron chi connectivity index (χ2n) is 5.66. The molecule has 3 N–H and O–H groups in total. The molecule has 1 aliphatic rings. The minimum absolute atomic E-state index is 0.00890. The Hall–Kier alpha value is -2.14. The second-order valence-corrected chi connectivity index (χ2v) is 5.66. The molecular weight excluding hydrogens is 268 g/mol. The Morgan fingerprint density at radius 2 is 2.00 bits per heavy atom. The van der Waals surface area contributed by atoms with Crippen molar-refractivity contribution in [1.29, 1.82) is 0 Å². The number of carbonyl (C=O) groups is 1. The lowest BCUT2D eigenvalue weighted by Crippen LogP contribution is -2.33. The molecule has 5 heteroatoms. The third-order valence-electron chi connectivity index (χ3n) is 4.08. The smallest absolute Gasteiger partial charge is 0.354 e. The number of hydrogen-bond donors (Lipinski definition) is 3. The van der Waals surface area contributed by atoms with Gasteiger partial charge in [-0.15, -0.1) is 0 Å². The number of carboxylic acid groups (broad SMARTS) is 1. The molecule has 0 bridgehead atoms. The molecule has 1 aliphatic carbocycles. The number of nitrogens with one attached hydrogen (secondary N) is 1. The summed E-state index contributed by atoms with van der Waals surface area (Å²) in [7, 11) is 0. The van der Waals surface area contributed by atoms with Crippen LogP contribution in [0.15, 0.2) is 30.3 Å². The van der Waals surface area contributed by atoms with E-state index >= 15 is 0 Å². The van der Waals surface area contributed by atoms with Gasteiger partial charge in [0.15, 0.2) is 5.69 Å². The lowest BCUT2D eigenvalue weighted by atomic mass is 10.0. The third kappa shape index (κ3) is 2.83. The van der Waals surface area contributed by atoms with Gasteiger partial charge in [0.25, 0.3) is 0 Å². The largest absolute Gasteiger partial charge is 0.477 e. The first-order valence-electron chi connectivity index (χ1n) is 7.17. The lowest BCUT2D eigenvalue weighted by molar-refractivity contribution is 0.0615. The number of aromatic carboxylic acids is 1. The maximum absolute atomic E-state index is 11.2. The number of rotatable bonds is 4. The maximum Gasteiger partial charge on any atom is 0.354 e. The van der Waals surface area contributed by atoms with E-state index in [9.17, 15) is 9.90 Å². The van der Waals surface area contributed by atoms with Crippen LogP contribution in [-0.2, 0) is 0 Å². The second kappa shape index (κ2) is 5.33. The quantitative estimate of drug-likeness (QED) is 0.805. The van der Waals surface area contributed by atoms with Crippen LogP contribution >= 0.6 is 0 Å². The zero-order chi connectivity index (χ0) is 14.9. The SMILES string of the molecule is O=C(O)c1cc(NCC2(O)CCCC2)c2ccccc2n1. The van der Waals surface area contributed by atoms with Gasteiger partial charge in [0.05, 0.1) is 11.1 Å². The predicted octanol–water partition coefficient (Wildman–Crippen LogP) is 2.65. The number of para-hydroxylation sites is 1. The van der Waals surface area contributed by atoms with Crippen LogP contribution in [-0.4, -0.2) is 33.3 Å². The van der Waals surface area contributed by atoms with Gasteiger partial charge >= 0.3 is 5.97 Å². The minimum atomic E-state index is -1.05. The van der Waals surface area contributed by atoms with E-state index in [1.165, 1.54) is 6.07 Å². The van der Waals surface area contributed by atoms with E-state index < -0.39 is 11.6 Å². The molecule has 0 spiro atoms. The molecule has 5 nitrogen and oxygen atoms in total. The molecule has 0 radical (unpaired) electrons. The monoisotopic (exact) mass is 286 g/mol. The van der Waals surface area contributed by atoms with Crippen molar-refractivity contribution in [2.45, 2.75) is 31.3 Å². The van der Waals surface area contributed by atoms with Gasteiger partial charge in [0.1, 0.15) is 0 Å². The molecule has 3 rings (SSSR count). The minimum Gasteiger partial charge on any atom is -0.477 e. The van der Waals surface area contributed by atoms with E-state index in [4.69, 9.17) is 5.11 Å². The number of hydrogen-bond acceptors (Lipinski definition) is 4. The van der Waals surface area contributed by atoms with Crippen molar-refractivity contribution in [2.75, 3.05) is 11.9 Å². The molecule has 0 atom stereocenters. The molecule has 0 unspecified atom stereocenters. The summed E-state index contributed by atoms with van der Waals surface area (Å²) >= 11 is 0. The van der Waals surface area contributed by atoms with Crippen molar-refractivity contribution in [3.63, 3.8) is 0 Å². The van der Waals surface area contributed by atoms with Crippen LogP contribution in [0.4, 0.5) is 5.69 Å². The zero-order valence-corrected chi connectivity index (χ0v) is 11.7. The fourth-order valence-electron chi connectivity index (χ4n) is 2.90. The Morgan fingerprint density at radius 1 is 1.29 bits per heavy atom. The number of aromatic nitrogens is 1. The standard InChI is InChI=1S/C16H18N2O3/c19-15(20)14-9-13(11-5-1-2-6-12(11)18-14)17-10-16(21)7-3-4-8-16/h1-2,5-6,9,21H,3-4,7-8,10H2,(H,17,18)(H,19,20). The molecule has 0 saturated heterocycles. The van der Waals surface area contributed by atoms with E-state index in [0.29, 0.717) is 17.7 Å². The van der Waals surface area contributed by atoms with Gasteiger partial charge in [-0.2, -0.15) is 0 Å². The van der Waals surface area contributed by atoms with Gasteiger partial charge in [-0.05, 0) is 25.0 Å². The van der Waals surface area contributed by atoms with Crippen molar-refractivity contribution in [3.8, 4) is 0 Å². The Bertz CT molecular complexity index is 678. The van der Waals surface area contributed by atoms with Gasteiger partial charge in [0.2, 0.25) is 0 Å². The number of anilines is 1. The highest BCUT2D eigenvalue weighted by molar-refractivity contribution is 5.97. The number of nitrogens with zero attached hydrogens (tertiary/aromatic N) is 1. The summed E-state index contributed by atoms with van der Waals surface area (Å²) in [6.45, 7) is 0.431. The number of benzene rings is 1. The van der Waals surface area contributed by atoms with Crippen LogP contribution in [0, 0.1) is 0 Å². The molecule has 1 heterocycles.